The SMILES string of the molecule is O=C(CNC(=O)c1cc2ccccn2n1)Nc1cnn(Cc2cccc(F)c2)c1. The first kappa shape index (κ1) is 18.4. The van der Waals surface area contributed by atoms with Crippen LogP contribution in [0.25, 0.3) is 5.52 Å². The van der Waals surface area contributed by atoms with Gasteiger partial charge >= 0.3 is 0 Å². The van der Waals surface area contributed by atoms with E-state index in [0.717, 1.165) is 11.1 Å². The number of anilines is 1. The molecule has 0 spiro atoms. The Balaban J connectivity index is 1.30. The van der Waals surface area contributed by atoms with Crippen LogP contribution in [-0.2, 0) is 11.3 Å². The average Bonchev–Trinajstić information content (AvgIpc) is 3.33. The van der Waals surface area contributed by atoms with Gasteiger partial charge in [-0.3, -0.25) is 14.3 Å². The van der Waals surface area contributed by atoms with Crippen LogP contribution in [0.3, 0.4) is 0 Å². The zero-order valence-corrected chi connectivity index (χ0v) is 15.2. The van der Waals surface area contributed by atoms with Gasteiger partial charge in [0.2, 0.25) is 5.91 Å². The van der Waals surface area contributed by atoms with Crippen molar-refractivity contribution >= 4 is 23.0 Å². The Morgan fingerprint density at radius 1 is 1.10 bits per heavy atom. The van der Waals surface area contributed by atoms with Crippen LogP contribution >= 0.6 is 0 Å². The number of hydrogen-bond donors (Lipinski definition) is 2. The number of carbonyl (C=O) groups is 2. The predicted molar refractivity (Wildman–Crippen MR) is 104 cm³/mol. The third kappa shape index (κ3) is 4.46. The molecule has 0 fully saturated rings. The molecular weight excluding hydrogens is 375 g/mol. The fraction of sp³-hybridized carbons (Fsp3) is 0.100. The molecule has 0 bridgehead atoms. The maximum Gasteiger partial charge on any atom is 0.272 e. The Kier molecular flexibility index (Phi) is 5.02. The first-order chi connectivity index (χ1) is 14.1. The minimum Gasteiger partial charge on any atom is -0.342 e. The van der Waals surface area contributed by atoms with Crippen LogP contribution < -0.4 is 10.6 Å². The summed E-state index contributed by atoms with van der Waals surface area (Å²) in [4.78, 5) is 24.3. The van der Waals surface area contributed by atoms with E-state index in [4.69, 9.17) is 0 Å². The van der Waals surface area contributed by atoms with Crippen LogP contribution in [0, 0.1) is 5.82 Å². The highest BCUT2D eigenvalue weighted by molar-refractivity contribution is 5.98. The van der Waals surface area contributed by atoms with E-state index in [1.807, 2.05) is 18.2 Å². The lowest BCUT2D eigenvalue weighted by Gasteiger charge is -2.04. The van der Waals surface area contributed by atoms with E-state index in [9.17, 15) is 14.0 Å². The highest BCUT2D eigenvalue weighted by atomic mass is 19.1. The molecule has 4 rings (SSSR count). The molecule has 4 aromatic rings. The summed E-state index contributed by atoms with van der Waals surface area (Å²) in [5.74, 6) is -1.15. The molecule has 0 unspecified atom stereocenters. The van der Waals surface area contributed by atoms with E-state index < -0.39 is 11.8 Å². The first-order valence-corrected chi connectivity index (χ1v) is 8.86. The molecular formula is C20H17FN6O2. The molecule has 3 heterocycles. The van der Waals surface area contributed by atoms with Crippen molar-refractivity contribution in [3.8, 4) is 0 Å². The maximum absolute atomic E-state index is 13.3. The monoisotopic (exact) mass is 392 g/mol. The Bertz CT molecular complexity index is 1150. The van der Waals surface area contributed by atoms with Crippen molar-refractivity contribution in [1.82, 2.24) is 24.7 Å². The van der Waals surface area contributed by atoms with Crippen molar-refractivity contribution in [2.45, 2.75) is 6.54 Å². The molecule has 0 aliphatic carbocycles. The summed E-state index contributed by atoms with van der Waals surface area (Å²) >= 11 is 0. The van der Waals surface area contributed by atoms with Crippen LogP contribution in [0.4, 0.5) is 10.1 Å². The van der Waals surface area contributed by atoms with Gasteiger partial charge in [0.15, 0.2) is 5.69 Å². The van der Waals surface area contributed by atoms with Crippen LogP contribution in [0.15, 0.2) is 67.1 Å². The van der Waals surface area contributed by atoms with E-state index in [-0.39, 0.29) is 18.1 Å². The van der Waals surface area contributed by atoms with Gasteiger partial charge in [0.05, 0.1) is 30.5 Å². The number of hydrogen-bond acceptors (Lipinski definition) is 4. The number of nitrogens with one attached hydrogen (secondary N) is 2. The Labute approximate surface area is 165 Å². The number of rotatable bonds is 6. The minimum absolute atomic E-state index is 0.207. The van der Waals surface area contributed by atoms with E-state index in [1.165, 1.54) is 18.3 Å². The van der Waals surface area contributed by atoms with E-state index >= 15 is 0 Å². The fourth-order valence-corrected chi connectivity index (χ4v) is 2.84. The molecule has 9 heteroatoms. The van der Waals surface area contributed by atoms with Gasteiger partial charge in [-0.1, -0.05) is 18.2 Å². The summed E-state index contributed by atoms with van der Waals surface area (Å²) in [7, 11) is 0. The van der Waals surface area contributed by atoms with E-state index in [2.05, 4.69) is 20.8 Å². The zero-order chi connectivity index (χ0) is 20.2. The molecule has 1 aromatic carbocycles. The number of benzene rings is 1. The Morgan fingerprint density at radius 2 is 2.00 bits per heavy atom. The second kappa shape index (κ2) is 7.93. The summed E-state index contributed by atoms with van der Waals surface area (Å²) in [5.41, 5.74) is 2.25. The number of pyridine rings is 1. The van der Waals surface area contributed by atoms with Crippen LogP contribution in [0.5, 0.6) is 0 Å². The molecule has 0 atom stereocenters. The number of amides is 2. The van der Waals surface area contributed by atoms with E-state index in [0.29, 0.717) is 12.2 Å². The number of nitrogens with zero attached hydrogens (tertiary/aromatic N) is 4. The van der Waals surface area contributed by atoms with Crippen molar-refractivity contribution < 1.29 is 14.0 Å². The minimum atomic E-state index is -0.439. The van der Waals surface area contributed by atoms with Crippen LogP contribution in [0.1, 0.15) is 16.1 Å². The van der Waals surface area contributed by atoms with Crippen LogP contribution in [0.2, 0.25) is 0 Å². The summed E-state index contributed by atoms with van der Waals surface area (Å²) < 4.78 is 16.4. The first-order valence-electron chi connectivity index (χ1n) is 8.86. The number of fused-ring (bicyclic) bond motifs is 1. The normalized spacial score (nSPS) is 10.8. The third-order valence-electron chi connectivity index (χ3n) is 4.16. The highest BCUT2D eigenvalue weighted by Gasteiger charge is 2.12. The molecule has 0 radical (unpaired) electrons. The summed E-state index contributed by atoms with van der Waals surface area (Å²) in [6, 6.07) is 13.3. The largest absolute Gasteiger partial charge is 0.342 e. The summed E-state index contributed by atoms with van der Waals surface area (Å²) in [5, 5.41) is 13.5. The van der Waals surface area contributed by atoms with Gasteiger partial charge in [-0.25, -0.2) is 8.91 Å². The smallest absolute Gasteiger partial charge is 0.272 e. The predicted octanol–water partition coefficient (Wildman–Crippen LogP) is 2.09. The molecule has 2 N–H and O–H groups in total. The van der Waals surface area contributed by atoms with Gasteiger partial charge in [0.1, 0.15) is 5.82 Å². The lowest BCUT2D eigenvalue weighted by Crippen LogP contribution is -2.33. The number of carbonyl (C=O) groups excluding carboxylic acids is 2. The molecule has 29 heavy (non-hydrogen) atoms. The maximum atomic E-state index is 13.3. The summed E-state index contributed by atoms with van der Waals surface area (Å²) in [6.07, 6.45) is 4.86. The second-order valence-electron chi connectivity index (χ2n) is 6.39. The molecule has 0 aliphatic heterocycles. The molecule has 2 amide bonds. The molecule has 0 saturated heterocycles. The molecule has 3 aromatic heterocycles. The van der Waals surface area contributed by atoms with E-state index in [1.54, 1.807) is 39.8 Å². The van der Waals surface area contributed by atoms with Gasteiger partial charge in [-0.05, 0) is 35.9 Å². The van der Waals surface area contributed by atoms with Crippen molar-refractivity contribution in [3.05, 3.63) is 84.2 Å². The Hall–Kier alpha value is -4.01. The second-order valence-corrected chi connectivity index (χ2v) is 6.39. The molecule has 0 saturated carbocycles. The quantitative estimate of drug-likeness (QED) is 0.525. The van der Waals surface area contributed by atoms with Gasteiger partial charge in [0, 0.05) is 12.4 Å². The number of halogens is 1. The fourth-order valence-electron chi connectivity index (χ4n) is 2.84. The number of aromatic nitrogens is 4. The zero-order valence-electron chi connectivity index (χ0n) is 15.2. The van der Waals surface area contributed by atoms with Gasteiger partial charge < -0.3 is 10.6 Å². The van der Waals surface area contributed by atoms with Crippen molar-refractivity contribution in [1.29, 1.82) is 0 Å². The van der Waals surface area contributed by atoms with Gasteiger partial charge in [0.25, 0.3) is 5.91 Å². The van der Waals surface area contributed by atoms with Gasteiger partial charge in [-0.2, -0.15) is 10.2 Å². The molecule has 8 nitrogen and oxygen atoms in total. The van der Waals surface area contributed by atoms with Crippen LogP contribution in [-0.4, -0.2) is 37.8 Å². The molecule has 0 aliphatic rings. The standard InChI is InChI=1S/C20H17FN6O2/c21-15-5-3-4-14(8-15)12-26-13-16(10-23-26)24-19(28)11-22-20(29)18-9-17-6-1-2-7-27(17)25-18/h1-10,13H,11-12H2,(H,22,29)(H,24,28). The average molecular weight is 392 g/mol. The third-order valence-corrected chi connectivity index (χ3v) is 4.16. The van der Waals surface area contributed by atoms with Crippen molar-refractivity contribution in [2.75, 3.05) is 11.9 Å². The lowest BCUT2D eigenvalue weighted by atomic mass is 10.2. The summed E-state index contributed by atoms with van der Waals surface area (Å²) in [6.45, 7) is 0.167. The van der Waals surface area contributed by atoms with Crippen molar-refractivity contribution in [3.63, 3.8) is 0 Å². The van der Waals surface area contributed by atoms with Gasteiger partial charge in [-0.15, -0.1) is 0 Å². The topological polar surface area (TPSA) is 93.3 Å². The lowest BCUT2D eigenvalue weighted by molar-refractivity contribution is -0.115. The molecule has 146 valence electrons. The Morgan fingerprint density at radius 3 is 2.83 bits per heavy atom. The highest BCUT2D eigenvalue weighted by Crippen LogP contribution is 2.09. The van der Waals surface area contributed by atoms with Crippen molar-refractivity contribution in [2.24, 2.45) is 0 Å².